The highest BCUT2D eigenvalue weighted by atomic mass is 16.5. The molecule has 0 bridgehead atoms. The van der Waals surface area contributed by atoms with Crippen LogP contribution < -0.4 is 10.1 Å². The lowest BCUT2D eigenvalue weighted by Crippen LogP contribution is -2.39. The minimum atomic E-state index is 0.406. The molecule has 0 unspecified atom stereocenters. The highest BCUT2D eigenvalue weighted by molar-refractivity contribution is 5.29. The van der Waals surface area contributed by atoms with Crippen LogP contribution in [-0.2, 0) is 6.54 Å². The molecule has 1 aliphatic rings. The topological polar surface area (TPSA) is 53.2 Å². The standard InChI is InChI=1S/C19H28N4O/c1-15-17(13-21-22-15)12-20-14-19(23-10-4-3-5-11-23)16-6-8-18(24-2)9-7-16/h6-9,13,19-20H,3-5,10-12,14H2,1-2H3,(H,21,22)/t19-/m0/s1. The molecular weight excluding hydrogens is 300 g/mol. The molecule has 2 N–H and O–H groups in total. The first-order valence-electron chi connectivity index (χ1n) is 8.85. The molecule has 0 saturated carbocycles. The summed E-state index contributed by atoms with van der Waals surface area (Å²) in [7, 11) is 1.71. The summed E-state index contributed by atoms with van der Waals surface area (Å²) >= 11 is 0. The zero-order valence-electron chi connectivity index (χ0n) is 14.7. The number of benzene rings is 1. The molecule has 0 aliphatic carbocycles. The van der Waals surface area contributed by atoms with Crippen molar-refractivity contribution in [3.63, 3.8) is 0 Å². The summed E-state index contributed by atoms with van der Waals surface area (Å²) in [5.74, 6) is 0.915. The largest absolute Gasteiger partial charge is 0.497 e. The van der Waals surface area contributed by atoms with Gasteiger partial charge in [-0.25, -0.2) is 0 Å². The van der Waals surface area contributed by atoms with Gasteiger partial charge in [0.2, 0.25) is 0 Å². The SMILES string of the molecule is COc1ccc([C@H](CNCc2cn[nH]c2C)N2CCCCC2)cc1. The fraction of sp³-hybridized carbons (Fsp3) is 0.526. The molecule has 2 aromatic rings. The summed E-state index contributed by atoms with van der Waals surface area (Å²) in [6, 6.07) is 8.92. The summed E-state index contributed by atoms with van der Waals surface area (Å²) in [6.45, 7) is 6.22. The van der Waals surface area contributed by atoms with Crippen LogP contribution in [0.3, 0.4) is 0 Å². The van der Waals surface area contributed by atoms with Gasteiger partial charge in [0, 0.05) is 30.4 Å². The van der Waals surface area contributed by atoms with Crippen LogP contribution in [0.2, 0.25) is 0 Å². The first-order chi connectivity index (χ1) is 11.8. The molecule has 0 amide bonds. The van der Waals surface area contributed by atoms with E-state index < -0.39 is 0 Å². The summed E-state index contributed by atoms with van der Waals surface area (Å²) in [5.41, 5.74) is 3.73. The van der Waals surface area contributed by atoms with Gasteiger partial charge in [-0.1, -0.05) is 18.6 Å². The highest BCUT2D eigenvalue weighted by Gasteiger charge is 2.22. The number of methoxy groups -OCH3 is 1. The molecule has 2 heterocycles. The Bertz CT molecular complexity index is 617. The maximum absolute atomic E-state index is 5.30. The number of rotatable bonds is 7. The van der Waals surface area contributed by atoms with E-state index >= 15 is 0 Å². The lowest BCUT2D eigenvalue weighted by atomic mass is 10.0. The molecule has 5 nitrogen and oxygen atoms in total. The number of hydrogen-bond donors (Lipinski definition) is 2. The van der Waals surface area contributed by atoms with Crippen LogP contribution in [-0.4, -0.2) is 41.8 Å². The van der Waals surface area contributed by atoms with E-state index in [4.69, 9.17) is 4.74 Å². The maximum Gasteiger partial charge on any atom is 0.118 e. The molecule has 24 heavy (non-hydrogen) atoms. The van der Waals surface area contributed by atoms with Gasteiger partial charge in [0.05, 0.1) is 13.3 Å². The van der Waals surface area contributed by atoms with Gasteiger partial charge in [-0.15, -0.1) is 0 Å². The molecule has 1 saturated heterocycles. The first-order valence-corrected chi connectivity index (χ1v) is 8.85. The van der Waals surface area contributed by atoms with E-state index in [2.05, 4.69) is 51.6 Å². The van der Waals surface area contributed by atoms with E-state index in [-0.39, 0.29) is 0 Å². The number of ether oxygens (including phenoxy) is 1. The number of piperidine rings is 1. The molecule has 1 aromatic carbocycles. The van der Waals surface area contributed by atoms with Gasteiger partial charge < -0.3 is 10.1 Å². The third-order valence-corrected chi connectivity index (χ3v) is 4.92. The second-order valence-corrected chi connectivity index (χ2v) is 6.54. The predicted octanol–water partition coefficient (Wildman–Crippen LogP) is 3.04. The average Bonchev–Trinajstić information content (AvgIpc) is 3.05. The van der Waals surface area contributed by atoms with Crippen molar-refractivity contribution in [3.05, 3.63) is 47.3 Å². The fourth-order valence-electron chi connectivity index (χ4n) is 3.41. The quantitative estimate of drug-likeness (QED) is 0.820. The Morgan fingerprint density at radius 2 is 1.96 bits per heavy atom. The zero-order chi connectivity index (χ0) is 16.8. The molecule has 1 fully saturated rings. The second-order valence-electron chi connectivity index (χ2n) is 6.54. The van der Waals surface area contributed by atoms with Gasteiger partial charge in [-0.2, -0.15) is 5.10 Å². The van der Waals surface area contributed by atoms with E-state index in [1.165, 1.54) is 43.5 Å². The molecule has 1 atom stereocenters. The number of nitrogens with one attached hydrogen (secondary N) is 2. The molecular formula is C19H28N4O. The van der Waals surface area contributed by atoms with Crippen molar-refractivity contribution < 1.29 is 4.74 Å². The molecule has 1 aliphatic heterocycles. The van der Waals surface area contributed by atoms with Crippen molar-refractivity contribution in [2.24, 2.45) is 0 Å². The van der Waals surface area contributed by atoms with Crippen LogP contribution in [0.5, 0.6) is 5.75 Å². The molecule has 130 valence electrons. The van der Waals surface area contributed by atoms with Gasteiger partial charge >= 0.3 is 0 Å². The van der Waals surface area contributed by atoms with Gasteiger partial charge in [0.15, 0.2) is 0 Å². The molecule has 5 heteroatoms. The van der Waals surface area contributed by atoms with Crippen LogP contribution in [0.1, 0.15) is 42.1 Å². The van der Waals surface area contributed by atoms with Crippen LogP contribution in [0, 0.1) is 6.92 Å². The Labute approximate surface area is 144 Å². The highest BCUT2D eigenvalue weighted by Crippen LogP contribution is 2.26. The fourth-order valence-corrected chi connectivity index (χ4v) is 3.41. The monoisotopic (exact) mass is 328 g/mol. The summed E-state index contributed by atoms with van der Waals surface area (Å²) in [5, 5.41) is 10.7. The van der Waals surface area contributed by atoms with E-state index in [9.17, 15) is 0 Å². The molecule has 3 rings (SSSR count). The summed E-state index contributed by atoms with van der Waals surface area (Å²) in [4.78, 5) is 2.61. The van der Waals surface area contributed by atoms with Crippen LogP contribution in [0.4, 0.5) is 0 Å². The van der Waals surface area contributed by atoms with Crippen LogP contribution in [0.15, 0.2) is 30.5 Å². The lowest BCUT2D eigenvalue weighted by Gasteiger charge is -2.35. The third kappa shape index (κ3) is 4.16. The Balaban J connectivity index is 1.67. The number of hydrogen-bond acceptors (Lipinski definition) is 4. The van der Waals surface area contributed by atoms with Crippen LogP contribution in [0.25, 0.3) is 0 Å². The zero-order valence-corrected chi connectivity index (χ0v) is 14.7. The van der Waals surface area contributed by atoms with E-state index in [0.29, 0.717) is 6.04 Å². The first kappa shape index (κ1) is 17.0. The Morgan fingerprint density at radius 1 is 1.21 bits per heavy atom. The molecule has 0 spiro atoms. The normalized spacial score (nSPS) is 16.9. The number of aromatic nitrogens is 2. The van der Waals surface area contributed by atoms with Gasteiger partial charge in [0.25, 0.3) is 0 Å². The van der Waals surface area contributed by atoms with E-state index in [1.807, 2.05) is 6.20 Å². The third-order valence-electron chi connectivity index (χ3n) is 4.92. The lowest BCUT2D eigenvalue weighted by molar-refractivity contribution is 0.160. The van der Waals surface area contributed by atoms with Crippen LogP contribution >= 0.6 is 0 Å². The predicted molar refractivity (Wildman–Crippen MR) is 96.2 cm³/mol. The average molecular weight is 328 g/mol. The van der Waals surface area contributed by atoms with Gasteiger partial charge in [-0.05, 0) is 50.6 Å². The maximum atomic E-state index is 5.30. The molecule has 0 radical (unpaired) electrons. The van der Waals surface area contributed by atoms with Gasteiger partial charge in [-0.3, -0.25) is 10.00 Å². The Hall–Kier alpha value is -1.85. The smallest absolute Gasteiger partial charge is 0.118 e. The van der Waals surface area contributed by atoms with Crippen molar-refractivity contribution in [2.75, 3.05) is 26.7 Å². The number of likely N-dealkylation sites (tertiary alicyclic amines) is 1. The Morgan fingerprint density at radius 3 is 2.58 bits per heavy atom. The summed E-state index contributed by atoms with van der Waals surface area (Å²) in [6.07, 6.45) is 5.86. The summed E-state index contributed by atoms with van der Waals surface area (Å²) < 4.78 is 5.30. The minimum absolute atomic E-state index is 0.406. The van der Waals surface area contributed by atoms with Gasteiger partial charge in [0.1, 0.15) is 5.75 Å². The number of nitrogens with zero attached hydrogens (tertiary/aromatic N) is 2. The second kappa shape index (κ2) is 8.31. The minimum Gasteiger partial charge on any atom is -0.497 e. The van der Waals surface area contributed by atoms with Crippen molar-refractivity contribution >= 4 is 0 Å². The van der Waals surface area contributed by atoms with Crippen molar-refractivity contribution in [2.45, 2.75) is 38.8 Å². The van der Waals surface area contributed by atoms with Crippen molar-refractivity contribution in [1.82, 2.24) is 20.4 Å². The number of aromatic amines is 1. The van der Waals surface area contributed by atoms with E-state index in [0.717, 1.165) is 24.5 Å². The number of H-pyrrole nitrogens is 1. The van der Waals surface area contributed by atoms with Crippen molar-refractivity contribution in [1.29, 1.82) is 0 Å². The Kier molecular flexibility index (Phi) is 5.88. The van der Waals surface area contributed by atoms with E-state index in [1.54, 1.807) is 7.11 Å². The van der Waals surface area contributed by atoms with Crippen molar-refractivity contribution in [3.8, 4) is 5.75 Å². The molecule has 1 aromatic heterocycles. The number of aryl methyl sites for hydroxylation is 1.